The summed E-state index contributed by atoms with van der Waals surface area (Å²) < 4.78 is 1.97. The van der Waals surface area contributed by atoms with E-state index in [9.17, 15) is 4.79 Å². The number of rotatable bonds is 7. The van der Waals surface area contributed by atoms with E-state index in [2.05, 4.69) is 77.7 Å². The molecule has 8 nitrogen and oxygen atoms in total. The maximum absolute atomic E-state index is 12.8. The van der Waals surface area contributed by atoms with E-state index in [1.807, 2.05) is 11.6 Å². The van der Waals surface area contributed by atoms with Crippen LogP contribution in [0.1, 0.15) is 43.6 Å². The van der Waals surface area contributed by atoms with Gasteiger partial charge in [-0.2, -0.15) is 10.2 Å². The van der Waals surface area contributed by atoms with E-state index in [1.54, 1.807) is 0 Å². The predicted octanol–water partition coefficient (Wildman–Crippen LogP) is 3.07. The van der Waals surface area contributed by atoms with Gasteiger partial charge in [0.15, 0.2) is 5.82 Å². The van der Waals surface area contributed by atoms with Gasteiger partial charge in [0.1, 0.15) is 5.52 Å². The van der Waals surface area contributed by atoms with Crippen molar-refractivity contribution in [1.82, 2.24) is 30.6 Å². The number of fused-ring (bicyclic) bond motifs is 1. The minimum Gasteiger partial charge on any atom is -0.355 e. The molecule has 0 saturated carbocycles. The molecule has 1 unspecified atom stereocenters. The zero-order valence-corrected chi connectivity index (χ0v) is 20.4. The van der Waals surface area contributed by atoms with Gasteiger partial charge in [-0.25, -0.2) is 4.68 Å². The van der Waals surface area contributed by atoms with Crippen molar-refractivity contribution in [2.75, 3.05) is 31.1 Å². The molecule has 1 amide bonds. The number of nitrogens with zero attached hydrogens (tertiary/aromatic N) is 5. The number of aromatic nitrogens is 4. The van der Waals surface area contributed by atoms with E-state index in [4.69, 9.17) is 5.10 Å². The van der Waals surface area contributed by atoms with Crippen molar-refractivity contribution in [3.63, 3.8) is 0 Å². The van der Waals surface area contributed by atoms with Crippen molar-refractivity contribution in [3.05, 3.63) is 41.2 Å². The number of carbonyl (C=O) groups is 1. The minimum atomic E-state index is -0.0590. The number of benzene rings is 1. The molecule has 3 aromatic rings. The molecule has 8 heteroatoms. The number of hydrogen-bond acceptors (Lipinski definition) is 6. The third kappa shape index (κ3) is 5.00. The summed E-state index contributed by atoms with van der Waals surface area (Å²) in [4.78, 5) is 15.0. The highest BCUT2D eigenvalue weighted by Crippen LogP contribution is 2.31. The van der Waals surface area contributed by atoms with Crippen molar-refractivity contribution in [2.24, 2.45) is 5.92 Å². The normalized spacial score (nSPS) is 16.5. The molecular formula is C25H35N7O. The standard InChI is InChI=1S/C25H35N7O/c1-16(2)26-12-13-27-25(33)20-7-6-14-31(15-20)24-23-22(18(4)28-29-24)19(5)32(30-23)21-10-8-17(3)9-11-21/h8-11,16,20,26H,6-7,12-15H2,1-5H3,(H,27,33). The van der Waals surface area contributed by atoms with Gasteiger partial charge >= 0.3 is 0 Å². The molecule has 1 aliphatic rings. The fourth-order valence-electron chi connectivity index (χ4n) is 4.54. The van der Waals surface area contributed by atoms with Crippen LogP contribution in [0.4, 0.5) is 5.82 Å². The van der Waals surface area contributed by atoms with Gasteiger partial charge in [0.25, 0.3) is 0 Å². The summed E-state index contributed by atoms with van der Waals surface area (Å²) in [6.07, 6.45) is 1.83. The summed E-state index contributed by atoms with van der Waals surface area (Å²) >= 11 is 0. The van der Waals surface area contributed by atoms with Gasteiger partial charge in [-0.05, 0) is 45.7 Å². The Bertz CT molecular complexity index is 1120. The quantitative estimate of drug-likeness (QED) is 0.539. The van der Waals surface area contributed by atoms with Crippen LogP contribution in [0.3, 0.4) is 0 Å². The van der Waals surface area contributed by atoms with Crippen LogP contribution in [0.5, 0.6) is 0 Å². The van der Waals surface area contributed by atoms with Crippen LogP contribution < -0.4 is 15.5 Å². The highest BCUT2D eigenvalue weighted by molar-refractivity contribution is 5.92. The first-order valence-electron chi connectivity index (χ1n) is 11.9. The first-order valence-corrected chi connectivity index (χ1v) is 11.9. The van der Waals surface area contributed by atoms with Crippen molar-refractivity contribution in [2.45, 2.75) is 53.5 Å². The predicted molar refractivity (Wildman–Crippen MR) is 132 cm³/mol. The summed E-state index contributed by atoms with van der Waals surface area (Å²) in [5.74, 6) is 0.822. The lowest BCUT2D eigenvalue weighted by Crippen LogP contribution is -2.45. The van der Waals surface area contributed by atoms with Gasteiger partial charge in [-0.1, -0.05) is 31.5 Å². The zero-order valence-electron chi connectivity index (χ0n) is 20.4. The third-order valence-corrected chi connectivity index (χ3v) is 6.33. The van der Waals surface area contributed by atoms with Crippen LogP contribution >= 0.6 is 0 Å². The summed E-state index contributed by atoms with van der Waals surface area (Å²) in [5, 5.41) is 21.4. The second-order valence-electron chi connectivity index (χ2n) is 9.35. The SMILES string of the molecule is Cc1ccc(-n2nc3c(N4CCCC(C(=O)NCCNC(C)C)C4)nnc(C)c3c2C)cc1. The van der Waals surface area contributed by atoms with Crippen molar-refractivity contribution >= 4 is 22.6 Å². The molecular weight excluding hydrogens is 414 g/mol. The van der Waals surface area contributed by atoms with Crippen molar-refractivity contribution in [1.29, 1.82) is 0 Å². The Morgan fingerprint density at radius 1 is 1.12 bits per heavy atom. The summed E-state index contributed by atoms with van der Waals surface area (Å²) in [6.45, 7) is 13.2. The summed E-state index contributed by atoms with van der Waals surface area (Å²) in [7, 11) is 0. The lowest BCUT2D eigenvalue weighted by Gasteiger charge is -2.32. The third-order valence-electron chi connectivity index (χ3n) is 6.33. The van der Waals surface area contributed by atoms with Gasteiger partial charge in [0, 0.05) is 32.2 Å². The van der Waals surface area contributed by atoms with Crippen LogP contribution in [0.2, 0.25) is 0 Å². The molecule has 0 radical (unpaired) electrons. The molecule has 176 valence electrons. The Morgan fingerprint density at radius 2 is 1.88 bits per heavy atom. The van der Waals surface area contributed by atoms with Crippen LogP contribution in [0.15, 0.2) is 24.3 Å². The van der Waals surface area contributed by atoms with E-state index in [0.717, 1.165) is 59.7 Å². The summed E-state index contributed by atoms with van der Waals surface area (Å²) in [6, 6.07) is 8.77. The molecule has 0 spiro atoms. The van der Waals surface area contributed by atoms with E-state index in [0.29, 0.717) is 19.1 Å². The monoisotopic (exact) mass is 449 g/mol. The fourth-order valence-corrected chi connectivity index (χ4v) is 4.54. The second-order valence-corrected chi connectivity index (χ2v) is 9.35. The van der Waals surface area contributed by atoms with Gasteiger partial charge < -0.3 is 15.5 Å². The molecule has 2 N–H and O–H groups in total. The van der Waals surface area contributed by atoms with E-state index in [-0.39, 0.29) is 11.8 Å². The second kappa shape index (κ2) is 9.87. The Hall–Kier alpha value is -3.00. The molecule has 1 fully saturated rings. The number of aryl methyl sites for hydroxylation is 3. The molecule has 2 aromatic heterocycles. The fraction of sp³-hybridized carbons (Fsp3) is 0.520. The Balaban J connectivity index is 1.57. The molecule has 4 rings (SSSR count). The average Bonchev–Trinajstić information content (AvgIpc) is 3.15. The van der Waals surface area contributed by atoms with Crippen molar-refractivity contribution in [3.8, 4) is 5.69 Å². The molecule has 1 aromatic carbocycles. The highest BCUT2D eigenvalue weighted by Gasteiger charge is 2.29. The number of nitrogens with one attached hydrogen (secondary N) is 2. The van der Waals surface area contributed by atoms with Gasteiger partial charge in [0.05, 0.1) is 28.4 Å². The molecule has 1 saturated heterocycles. The van der Waals surface area contributed by atoms with Gasteiger partial charge in [-0.15, -0.1) is 5.10 Å². The molecule has 3 heterocycles. The van der Waals surface area contributed by atoms with Crippen molar-refractivity contribution < 1.29 is 4.79 Å². The van der Waals surface area contributed by atoms with E-state index >= 15 is 0 Å². The Kier molecular flexibility index (Phi) is 6.93. The Labute approximate surface area is 195 Å². The van der Waals surface area contributed by atoms with Gasteiger partial charge in [-0.3, -0.25) is 4.79 Å². The Morgan fingerprint density at radius 3 is 2.61 bits per heavy atom. The number of carbonyl (C=O) groups excluding carboxylic acids is 1. The summed E-state index contributed by atoms with van der Waals surface area (Å²) in [5.41, 5.74) is 5.00. The molecule has 0 bridgehead atoms. The largest absolute Gasteiger partial charge is 0.355 e. The van der Waals surface area contributed by atoms with Crippen LogP contribution in [0, 0.1) is 26.7 Å². The number of amides is 1. The minimum absolute atomic E-state index is 0.0590. The first kappa shape index (κ1) is 23.2. The lowest BCUT2D eigenvalue weighted by molar-refractivity contribution is -0.125. The van der Waals surface area contributed by atoms with E-state index < -0.39 is 0 Å². The van der Waals surface area contributed by atoms with Crippen LogP contribution in [0.25, 0.3) is 16.6 Å². The lowest BCUT2D eigenvalue weighted by atomic mass is 9.97. The zero-order chi connectivity index (χ0) is 23.5. The first-order chi connectivity index (χ1) is 15.8. The topological polar surface area (TPSA) is 88.0 Å². The highest BCUT2D eigenvalue weighted by atomic mass is 16.1. The maximum atomic E-state index is 12.8. The molecule has 0 aliphatic carbocycles. The molecule has 1 aliphatic heterocycles. The van der Waals surface area contributed by atoms with E-state index in [1.165, 1.54) is 5.56 Å². The smallest absolute Gasteiger partial charge is 0.224 e. The molecule has 33 heavy (non-hydrogen) atoms. The molecule has 1 atom stereocenters. The van der Waals surface area contributed by atoms with Crippen LogP contribution in [-0.4, -0.2) is 58.1 Å². The van der Waals surface area contributed by atoms with Crippen LogP contribution in [-0.2, 0) is 4.79 Å². The number of anilines is 1. The number of hydrogen-bond donors (Lipinski definition) is 2. The number of piperidine rings is 1. The van der Waals surface area contributed by atoms with Gasteiger partial charge in [0.2, 0.25) is 5.91 Å². The average molecular weight is 450 g/mol. The maximum Gasteiger partial charge on any atom is 0.224 e.